The average Bonchev–Trinajstić information content (AvgIpc) is 2.46. The van der Waals surface area contributed by atoms with Crippen molar-refractivity contribution in [3.05, 3.63) is 54.6 Å². The van der Waals surface area contributed by atoms with Gasteiger partial charge in [-0.05, 0) is 31.2 Å². The highest BCUT2D eigenvalue weighted by atomic mass is 16.5. The second kappa shape index (κ2) is 7.31. The van der Waals surface area contributed by atoms with Crippen molar-refractivity contribution >= 4 is 5.69 Å². The van der Waals surface area contributed by atoms with Crippen LogP contribution < -0.4 is 14.8 Å². The van der Waals surface area contributed by atoms with Gasteiger partial charge in [-0.25, -0.2) is 0 Å². The van der Waals surface area contributed by atoms with E-state index in [2.05, 4.69) is 5.32 Å². The zero-order valence-electron chi connectivity index (χ0n) is 11.1. The summed E-state index contributed by atoms with van der Waals surface area (Å²) in [6.45, 7) is 4.02. The summed E-state index contributed by atoms with van der Waals surface area (Å²) < 4.78 is 11.1. The van der Waals surface area contributed by atoms with Gasteiger partial charge in [0.2, 0.25) is 0 Å². The Morgan fingerprint density at radius 3 is 2.37 bits per heavy atom. The Balaban J connectivity index is 1.75. The lowest BCUT2D eigenvalue weighted by Gasteiger charge is -2.10. The average molecular weight is 257 g/mol. The van der Waals surface area contributed by atoms with Crippen molar-refractivity contribution in [3.8, 4) is 11.5 Å². The Morgan fingerprint density at radius 2 is 1.63 bits per heavy atom. The van der Waals surface area contributed by atoms with E-state index in [9.17, 15) is 0 Å². The molecule has 0 saturated heterocycles. The number of ether oxygens (including phenoxy) is 2. The quantitative estimate of drug-likeness (QED) is 0.769. The zero-order valence-corrected chi connectivity index (χ0v) is 11.1. The van der Waals surface area contributed by atoms with Crippen molar-refractivity contribution in [3.63, 3.8) is 0 Å². The van der Waals surface area contributed by atoms with Gasteiger partial charge in [-0.15, -0.1) is 0 Å². The maximum atomic E-state index is 5.67. The molecule has 0 aliphatic rings. The van der Waals surface area contributed by atoms with Crippen molar-refractivity contribution in [2.75, 3.05) is 25.1 Å². The van der Waals surface area contributed by atoms with Gasteiger partial charge in [0, 0.05) is 18.3 Å². The van der Waals surface area contributed by atoms with E-state index in [4.69, 9.17) is 9.47 Å². The van der Waals surface area contributed by atoms with Gasteiger partial charge in [-0.3, -0.25) is 0 Å². The summed E-state index contributed by atoms with van der Waals surface area (Å²) >= 11 is 0. The van der Waals surface area contributed by atoms with Crippen molar-refractivity contribution in [2.24, 2.45) is 0 Å². The fraction of sp³-hybridized carbons (Fsp3) is 0.250. The van der Waals surface area contributed by atoms with Gasteiger partial charge < -0.3 is 14.8 Å². The molecule has 0 saturated carbocycles. The van der Waals surface area contributed by atoms with E-state index in [1.165, 1.54) is 0 Å². The van der Waals surface area contributed by atoms with Gasteiger partial charge in [0.1, 0.15) is 18.1 Å². The van der Waals surface area contributed by atoms with Crippen LogP contribution in [0, 0.1) is 0 Å². The number of hydrogen-bond acceptors (Lipinski definition) is 3. The van der Waals surface area contributed by atoms with Crippen LogP contribution in [0.1, 0.15) is 6.92 Å². The normalized spacial score (nSPS) is 9.95. The first kappa shape index (κ1) is 13.3. The molecular formula is C16H19NO2. The molecule has 0 heterocycles. The largest absolute Gasteiger partial charge is 0.494 e. The van der Waals surface area contributed by atoms with Crippen molar-refractivity contribution in [2.45, 2.75) is 6.92 Å². The monoisotopic (exact) mass is 257 g/mol. The van der Waals surface area contributed by atoms with Gasteiger partial charge in [0.05, 0.1) is 6.61 Å². The lowest BCUT2D eigenvalue weighted by molar-refractivity contribution is 0.319. The lowest BCUT2D eigenvalue weighted by Crippen LogP contribution is -2.11. The molecule has 3 nitrogen and oxygen atoms in total. The second-order valence-corrected chi connectivity index (χ2v) is 4.05. The molecule has 0 aliphatic carbocycles. The fourth-order valence-electron chi connectivity index (χ4n) is 1.74. The number of hydrogen-bond donors (Lipinski definition) is 1. The minimum atomic E-state index is 0.616. The van der Waals surface area contributed by atoms with Crippen LogP contribution in [-0.2, 0) is 0 Å². The molecule has 0 unspecified atom stereocenters. The molecule has 0 aliphatic heterocycles. The molecule has 0 bridgehead atoms. The minimum absolute atomic E-state index is 0.616. The number of rotatable bonds is 7. The second-order valence-electron chi connectivity index (χ2n) is 4.05. The van der Waals surface area contributed by atoms with E-state index < -0.39 is 0 Å². The van der Waals surface area contributed by atoms with Crippen LogP contribution in [0.15, 0.2) is 54.6 Å². The van der Waals surface area contributed by atoms with Crippen molar-refractivity contribution in [1.29, 1.82) is 0 Å². The van der Waals surface area contributed by atoms with Crippen LogP contribution in [0.2, 0.25) is 0 Å². The van der Waals surface area contributed by atoms with E-state index >= 15 is 0 Å². The molecule has 19 heavy (non-hydrogen) atoms. The van der Waals surface area contributed by atoms with Gasteiger partial charge >= 0.3 is 0 Å². The Labute approximate surface area is 114 Å². The third-order valence-electron chi connectivity index (χ3n) is 2.59. The molecule has 1 N–H and O–H groups in total. The molecule has 100 valence electrons. The summed E-state index contributed by atoms with van der Waals surface area (Å²) in [6, 6.07) is 17.8. The fourth-order valence-corrected chi connectivity index (χ4v) is 1.74. The number of nitrogens with one attached hydrogen (secondary N) is 1. The molecule has 0 amide bonds. The molecule has 0 radical (unpaired) electrons. The Kier molecular flexibility index (Phi) is 5.11. The highest BCUT2D eigenvalue weighted by Gasteiger charge is 1.97. The molecule has 0 atom stereocenters. The van der Waals surface area contributed by atoms with Crippen LogP contribution in [0.25, 0.3) is 0 Å². The topological polar surface area (TPSA) is 30.5 Å². The highest BCUT2D eigenvalue weighted by molar-refractivity contribution is 5.42. The third-order valence-corrected chi connectivity index (χ3v) is 2.59. The van der Waals surface area contributed by atoms with E-state index in [0.717, 1.165) is 23.7 Å². The van der Waals surface area contributed by atoms with Crippen molar-refractivity contribution < 1.29 is 9.47 Å². The van der Waals surface area contributed by atoms with Gasteiger partial charge in [-0.1, -0.05) is 24.3 Å². The SMILES string of the molecule is CCOc1cccc(OCCNc2ccccc2)c1. The minimum Gasteiger partial charge on any atom is -0.494 e. The summed E-state index contributed by atoms with van der Waals surface area (Å²) in [5.41, 5.74) is 1.11. The maximum Gasteiger partial charge on any atom is 0.123 e. The summed E-state index contributed by atoms with van der Waals surface area (Å²) in [6.07, 6.45) is 0. The first-order valence-corrected chi connectivity index (χ1v) is 6.53. The molecule has 2 rings (SSSR count). The lowest BCUT2D eigenvalue weighted by atomic mass is 10.3. The van der Waals surface area contributed by atoms with E-state index in [1.807, 2.05) is 61.5 Å². The zero-order chi connectivity index (χ0) is 13.3. The van der Waals surface area contributed by atoms with Crippen LogP contribution in [-0.4, -0.2) is 19.8 Å². The molecule has 0 spiro atoms. The van der Waals surface area contributed by atoms with Gasteiger partial charge in [0.15, 0.2) is 0 Å². The summed E-state index contributed by atoms with van der Waals surface area (Å²) in [5, 5.41) is 3.30. The van der Waals surface area contributed by atoms with Crippen LogP contribution in [0.3, 0.4) is 0 Å². The molecule has 0 aromatic heterocycles. The standard InChI is InChI=1S/C16H19NO2/c1-2-18-15-9-6-10-16(13-15)19-12-11-17-14-7-4-3-5-8-14/h3-10,13,17H,2,11-12H2,1H3. The Morgan fingerprint density at radius 1 is 0.895 bits per heavy atom. The molecule has 2 aromatic carbocycles. The van der Waals surface area contributed by atoms with Gasteiger partial charge in [0.25, 0.3) is 0 Å². The van der Waals surface area contributed by atoms with Crippen molar-refractivity contribution in [1.82, 2.24) is 0 Å². The van der Waals surface area contributed by atoms with E-state index in [0.29, 0.717) is 13.2 Å². The number of benzene rings is 2. The summed E-state index contributed by atoms with van der Waals surface area (Å²) in [4.78, 5) is 0. The molecule has 3 heteroatoms. The smallest absolute Gasteiger partial charge is 0.123 e. The third kappa shape index (κ3) is 4.54. The maximum absolute atomic E-state index is 5.67. The van der Waals surface area contributed by atoms with E-state index in [-0.39, 0.29) is 0 Å². The van der Waals surface area contributed by atoms with E-state index in [1.54, 1.807) is 0 Å². The van der Waals surface area contributed by atoms with Crippen LogP contribution in [0.4, 0.5) is 5.69 Å². The van der Waals surface area contributed by atoms with Crippen LogP contribution in [0.5, 0.6) is 11.5 Å². The van der Waals surface area contributed by atoms with Gasteiger partial charge in [-0.2, -0.15) is 0 Å². The highest BCUT2D eigenvalue weighted by Crippen LogP contribution is 2.19. The predicted octanol–water partition coefficient (Wildman–Crippen LogP) is 3.58. The molecular weight excluding hydrogens is 238 g/mol. The number of anilines is 1. The van der Waals surface area contributed by atoms with Crippen LogP contribution >= 0.6 is 0 Å². The molecule has 2 aromatic rings. The molecule has 0 fully saturated rings. The first-order valence-electron chi connectivity index (χ1n) is 6.53. The Hall–Kier alpha value is -2.16. The first-order chi connectivity index (χ1) is 9.38. The predicted molar refractivity (Wildman–Crippen MR) is 78.0 cm³/mol. The summed E-state index contributed by atoms with van der Waals surface area (Å²) in [7, 11) is 0. The summed E-state index contributed by atoms with van der Waals surface area (Å²) in [5.74, 6) is 1.68. The number of para-hydroxylation sites is 1. The Bertz CT molecular complexity index is 485.